The monoisotopic (exact) mass is 533 g/mol. The second-order valence-electron chi connectivity index (χ2n) is 9.35. The lowest BCUT2D eigenvalue weighted by atomic mass is 10.1. The van der Waals surface area contributed by atoms with Crippen LogP contribution in [0.3, 0.4) is 0 Å². The average Bonchev–Trinajstić information content (AvgIpc) is 2.86. The van der Waals surface area contributed by atoms with Crippen LogP contribution in [0.2, 0.25) is 0 Å². The lowest BCUT2D eigenvalue weighted by molar-refractivity contribution is -0.141. The van der Waals surface area contributed by atoms with Crippen molar-refractivity contribution in [2.45, 2.75) is 78.4 Å². The number of hydrogen-bond donors (Lipinski definition) is 1. The van der Waals surface area contributed by atoms with E-state index >= 15 is 0 Å². The fourth-order valence-corrected chi connectivity index (χ4v) is 5.01. The molecule has 0 fully saturated rings. The summed E-state index contributed by atoms with van der Waals surface area (Å²) in [5.74, 6) is -0.873. The van der Waals surface area contributed by atoms with E-state index in [1.54, 1.807) is 24.3 Å². The molecule has 0 spiro atoms. The number of nitrogens with one attached hydrogen (secondary N) is 1. The maximum Gasteiger partial charge on any atom is 0.243 e. The molecule has 0 saturated carbocycles. The number of aryl methyl sites for hydroxylation is 1. The Bertz CT molecular complexity index is 1120. The van der Waals surface area contributed by atoms with Gasteiger partial charge in [-0.3, -0.25) is 13.9 Å². The highest BCUT2D eigenvalue weighted by Crippen LogP contribution is 2.21. The van der Waals surface area contributed by atoms with Gasteiger partial charge in [0.25, 0.3) is 0 Å². The molecule has 2 aromatic rings. The van der Waals surface area contributed by atoms with Gasteiger partial charge in [0.2, 0.25) is 21.8 Å². The van der Waals surface area contributed by atoms with Crippen molar-refractivity contribution < 1.29 is 22.4 Å². The number of nitrogens with zero attached hydrogens (tertiary/aromatic N) is 2. The zero-order valence-corrected chi connectivity index (χ0v) is 23.4. The third-order valence-corrected chi connectivity index (χ3v) is 7.63. The second-order valence-corrected chi connectivity index (χ2v) is 11.3. The van der Waals surface area contributed by atoms with E-state index in [4.69, 9.17) is 0 Å². The predicted molar refractivity (Wildman–Crippen MR) is 146 cm³/mol. The van der Waals surface area contributed by atoms with Crippen LogP contribution in [0.15, 0.2) is 48.5 Å². The van der Waals surface area contributed by atoms with Crippen LogP contribution < -0.4 is 9.62 Å². The molecule has 0 aromatic heterocycles. The standard InChI is InChI=1S/C28H40FN3O4S/c1-6-21(4)30-28(34)26(8-3)31(20-23-11-15-24(29)16-12-23)27(33)10-9-19-32(37(5,35)36)25-17-13-22(7-2)14-18-25/h11-18,21,26H,6-10,19-20H2,1-5H3,(H,30,34)/t21-,26-/m0/s1. The van der Waals surface area contributed by atoms with Gasteiger partial charge < -0.3 is 10.2 Å². The molecule has 0 aliphatic carbocycles. The minimum Gasteiger partial charge on any atom is -0.352 e. The van der Waals surface area contributed by atoms with E-state index < -0.39 is 16.1 Å². The van der Waals surface area contributed by atoms with Crippen molar-refractivity contribution in [1.82, 2.24) is 10.2 Å². The lowest BCUT2D eigenvalue weighted by Crippen LogP contribution is -2.50. The highest BCUT2D eigenvalue weighted by Gasteiger charge is 2.29. The van der Waals surface area contributed by atoms with Crippen molar-refractivity contribution in [2.24, 2.45) is 0 Å². The highest BCUT2D eigenvalue weighted by molar-refractivity contribution is 7.92. The summed E-state index contributed by atoms with van der Waals surface area (Å²) in [5.41, 5.74) is 2.36. The number of benzene rings is 2. The van der Waals surface area contributed by atoms with Crippen LogP contribution in [-0.2, 0) is 32.6 Å². The minimum atomic E-state index is -3.55. The molecule has 0 unspecified atom stereocenters. The van der Waals surface area contributed by atoms with Crippen LogP contribution in [0.4, 0.5) is 10.1 Å². The Hall–Kier alpha value is -2.94. The Labute approximate surface area is 221 Å². The molecular weight excluding hydrogens is 493 g/mol. The van der Waals surface area contributed by atoms with E-state index in [9.17, 15) is 22.4 Å². The molecule has 9 heteroatoms. The van der Waals surface area contributed by atoms with E-state index in [1.165, 1.54) is 21.3 Å². The van der Waals surface area contributed by atoms with Crippen LogP contribution in [-0.4, -0.2) is 50.0 Å². The second kappa shape index (κ2) is 14.1. The number of amides is 2. The molecule has 0 heterocycles. The summed E-state index contributed by atoms with van der Waals surface area (Å²) < 4.78 is 39.7. The fraction of sp³-hybridized carbons (Fsp3) is 0.500. The summed E-state index contributed by atoms with van der Waals surface area (Å²) in [4.78, 5) is 28.0. The average molecular weight is 534 g/mol. The SMILES string of the molecule is CCc1ccc(N(CCCC(=O)N(Cc2ccc(F)cc2)[C@@H](CC)C(=O)N[C@@H](C)CC)S(C)(=O)=O)cc1. The van der Waals surface area contributed by atoms with Gasteiger partial charge in [-0.25, -0.2) is 12.8 Å². The Kier molecular flexibility index (Phi) is 11.6. The van der Waals surface area contributed by atoms with Gasteiger partial charge in [-0.1, -0.05) is 45.0 Å². The summed E-state index contributed by atoms with van der Waals surface area (Å²) in [7, 11) is -3.55. The number of anilines is 1. The number of rotatable bonds is 14. The summed E-state index contributed by atoms with van der Waals surface area (Å²) >= 11 is 0. The van der Waals surface area contributed by atoms with Crippen molar-refractivity contribution in [3.63, 3.8) is 0 Å². The molecule has 1 N–H and O–H groups in total. The predicted octanol–water partition coefficient (Wildman–Crippen LogP) is 4.66. The molecule has 0 bridgehead atoms. The topological polar surface area (TPSA) is 86.8 Å². The van der Waals surface area contributed by atoms with Gasteiger partial charge in [-0.2, -0.15) is 0 Å². The Morgan fingerprint density at radius 2 is 1.54 bits per heavy atom. The van der Waals surface area contributed by atoms with Gasteiger partial charge in [0.1, 0.15) is 11.9 Å². The van der Waals surface area contributed by atoms with Gasteiger partial charge in [0, 0.05) is 25.6 Å². The number of carbonyl (C=O) groups is 2. The number of halogens is 1. The quantitative estimate of drug-likeness (QED) is 0.383. The first-order valence-corrected chi connectivity index (χ1v) is 14.8. The number of carbonyl (C=O) groups excluding carboxylic acids is 2. The van der Waals surface area contributed by atoms with Crippen molar-refractivity contribution in [3.8, 4) is 0 Å². The lowest BCUT2D eigenvalue weighted by Gasteiger charge is -2.32. The van der Waals surface area contributed by atoms with Gasteiger partial charge in [0.15, 0.2) is 0 Å². The smallest absolute Gasteiger partial charge is 0.243 e. The molecule has 0 radical (unpaired) electrons. The summed E-state index contributed by atoms with van der Waals surface area (Å²) in [5, 5.41) is 2.96. The largest absolute Gasteiger partial charge is 0.352 e. The maximum absolute atomic E-state index is 13.4. The molecule has 7 nitrogen and oxygen atoms in total. The molecule has 2 atom stereocenters. The molecule has 204 valence electrons. The van der Waals surface area contributed by atoms with Gasteiger partial charge in [-0.05, 0) is 68.0 Å². The summed E-state index contributed by atoms with van der Waals surface area (Å²) in [6.45, 7) is 8.03. The molecule has 2 rings (SSSR count). The summed E-state index contributed by atoms with van der Waals surface area (Å²) in [6, 6.07) is 12.4. The zero-order chi connectivity index (χ0) is 27.6. The van der Waals surface area contributed by atoms with E-state index in [-0.39, 0.29) is 49.6 Å². The molecular formula is C28H40FN3O4S. The molecule has 2 aromatic carbocycles. The van der Waals surface area contributed by atoms with Crippen molar-refractivity contribution in [2.75, 3.05) is 17.1 Å². The van der Waals surface area contributed by atoms with Crippen molar-refractivity contribution in [3.05, 3.63) is 65.5 Å². The molecule has 2 amide bonds. The van der Waals surface area contributed by atoms with E-state index in [0.717, 1.165) is 24.7 Å². The Morgan fingerprint density at radius 1 is 0.946 bits per heavy atom. The molecule has 37 heavy (non-hydrogen) atoms. The molecule has 0 saturated heterocycles. The van der Waals surface area contributed by atoms with E-state index in [1.807, 2.05) is 39.8 Å². The summed E-state index contributed by atoms with van der Waals surface area (Å²) in [6.07, 6.45) is 3.51. The third-order valence-electron chi connectivity index (χ3n) is 6.44. The maximum atomic E-state index is 13.4. The van der Waals surface area contributed by atoms with Crippen LogP contribution in [0.25, 0.3) is 0 Å². The molecule has 0 aliphatic rings. The van der Waals surface area contributed by atoms with Crippen LogP contribution in [0, 0.1) is 5.82 Å². The van der Waals surface area contributed by atoms with E-state index in [0.29, 0.717) is 17.7 Å². The van der Waals surface area contributed by atoms with Crippen molar-refractivity contribution >= 4 is 27.5 Å². The number of sulfonamides is 1. The highest BCUT2D eigenvalue weighted by atomic mass is 32.2. The minimum absolute atomic E-state index is 0.0354. The normalized spacial score (nSPS) is 13.0. The first kappa shape index (κ1) is 30.3. The fourth-order valence-electron chi connectivity index (χ4n) is 4.05. The van der Waals surface area contributed by atoms with Crippen LogP contribution >= 0.6 is 0 Å². The van der Waals surface area contributed by atoms with E-state index in [2.05, 4.69) is 5.32 Å². The molecule has 0 aliphatic heterocycles. The number of hydrogen-bond acceptors (Lipinski definition) is 4. The Balaban J connectivity index is 2.21. The first-order chi connectivity index (χ1) is 17.5. The Morgan fingerprint density at radius 3 is 2.05 bits per heavy atom. The first-order valence-electron chi connectivity index (χ1n) is 12.9. The van der Waals surface area contributed by atoms with Gasteiger partial charge in [-0.15, -0.1) is 0 Å². The zero-order valence-electron chi connectivity index (χ0n) is 22.5. The van der Waals surface area contributed by atoms with Crippen molar-refractivity contribution in [1.29, 1.82) is 0 Å². The van der Waals surface area contributed by atoms with Crippen LogP contribution in [0.1, 0.15) is 64.5 Å². The van der Waals surface area contributed by atoms with Gasteiger partial charge in [0.05, 0.1) is 11.9 Å². The van der Waals surface area contributed by atoms with Gasteiger partial charge >= 0.3 is 0 Å². The van der Waals surface area contributed by atoms with Crippen LogP contribution in [0.5, 0.6) is 0 Å². The third kappa shape index (κ3) is 9.14.